The summed E-state index contributed by atoms with van der Waals surface area (Å²) in [4.78, 5) is 12.0. The number of carbonyl (C=O) groups excluding carboxylic acids is 1. The highest BCUT2D eigenvalue weighted by atomic mass is 32.2. The number of amides is 1. The van der Waals surface area contributed by atoms with E-state index in [4.69, 9.17) is 0 Å². The summed E-state index contributed by atoms with van der Waals surface area (Å²) in [5.41, 5.74) is 3.48. The van der Waals surface area contributed by atoms with E-state index in [2.05, 4.69) is 5.32 Å². The Hall–Kier alpha value is -2.18. The first-order valence-electron chi connectivity index (χ1n) is 8.73. The van der Waals surface area contributed by atoms with Crippen molar-refractivity contribution in [3.8, 4) is 0 Å². The molecular formula is C20H24N2O3S. The molecule has 1 amide bonds. The molecule has 0 heterocycles. The molecule has 0 saturated heterocycles. The van der Waals surface area contributed by atoms with Gasteiger partial charge in [0.1, 0.15) is 0 Å². The van der Waals surface area contributed by atoms with Crippen molar-refractivity contribution in [3.05, 3.63) is 64.7 Å². The van der Waals surface area contributed by atoms with Crippen LogP contribution in [0.25, 0.3) is 0 Å². The van der Waals surface area contributed by atoms with Gasteiger partial charge in [0.05, 0.1) is 4.90 Å². The fraction of sp³-hybridized carbons (Fsp3) is 0.350. The fourth-order valence-electron chi connectivity index (χ4n) is 2.87. The minimum absolute atomic E-state index is 0.0558. The van der Waals surface area contributed by atoms with Gasteiger partial charge >= 0.3 is 0 Å². The van der Waals surface area contributed by atoms with Gasteiger partial charge in [0, 0.05) is 25.2 Å². The molecule has 1 fully saturated rings. The highest BCUT2D eigenvalue weighted by Gasteiger charge is 2.38. The van der Waals surface area contributed by atoms with Crippen molar-refractivity contribution < 1.29 is 13.2 Å². The molecule has 0 bridgehead atoms. The Morgan fingerprint density at radius 1 is 1.08 bits per heavy atom. The number of hydrogen-bond donors (Lipinski definition) is 1. The summed E-state index contributed by atoms with van der Waals surface area (Å²) in [6.07, 6.45) is 1.78. The number of benzene rings is 2. The molecule has 2 aromatic rings. The number of carbonyl (C=O) groups is 1. The maximum absolute atomic E-state index is 13.2. The van der Waals surface area contributed by atoms with Crippen molar-refractivity contribution in [3.63, 3.8) is 0 Å². The molecule has 1 aliphatic carbocycles. The van der Waals surface area contributed by atoms with E-state index in [1.165, 1.54) is 0 Å². The maximum atomic E-state index is 13.2. The Morgan fingerprint density at radius 3 is 2.27 bits per heavy atom. The summed E-state index contributed by atoms with van der Waals surface area (Å²) >= 11 is 0. The van der Waals surface area contributed by atoms with Gasteiger partial charge in [-0.2, -0.15) is 4.31 Å². The zero-order chi connectivity index (χ0) is 18.9. The van der Waals surface area contributed by atoms with Crippen LogP contribution >= 0.6 is 0 Å². The topological polar surface area (TPSA) is 66.5 Å². The minimum Gasteiger partial charge on any atom is -0.355 e. The van der Waals surface area contributed by atoms with Gasteiger partial charge in [-0.25, -0.2) is 8.42 Å². The van der Waals surface area contributed by atoms with E-state index in [0.29, 0.717) is 17.0 Å². The van der Waals surface area contributed by atoms with Crippen molar-refractivity contribution in [1.82, 2.24) is 9.62 Å². The summed E-state index contributed by atoms with van der Waals surface area (Å²) < 4.78 is 27.9. The lowest BCUT2D eigenvalue weighted by atomic mass is 10.1. The van der Waals surface area contributed by atoms with Crippen molar-refractivity contribution in [2.75, 3.05) is 7.05 Å². The van der Waals surface area contributed by atoms with Crippen LogP contribution in [0.2, 0.25) is 0 Å². The molecule has 1 aliphatic rings. The second-order valence-electron chi connectivity index (χ2n) is 6.80. The Kier molecular flexibility index (Phi) is 5.16. The molecule has 1 N–H and O–H groups in total. The Bertz CT molecular complexity index is 917. The molecule has 0 aromatic heterocycles. The Balaban J connectivity index is 1.87. The third-order valence-electron chi connectivity index (χ3n) is 4.82. The van der Waals surface area contributed by atoms with Crippen LogP contribution in [0.5, 0.6) is 0 Å². The normalized spacial score (nSPS) is 14.5. The van der Waals surface area contributed by atoms with Crippen LogP contribution in [0.1, 0.15) is 39.9 Å². The van der Waals surface area contributed by atoms with Gasteiger partial charge in [-0.05, 0) is 67.6 Å². The number of sulfonamides is 1. The third-order valence-corrected chi connectivity index (χ3v) is 6.72. The van der Waals surface area contributed by atoms with Crippen LogP contribution in [0.3, 0.4) is 0 Å². The monoisotopic (exact) mass is 372 g/mol. The van der Waals surface area contributed by atoms with Gasteiger partial charge in [-0.3, -0.25) is 4.79 Å². The number of aryl methyl sites for hydroxylation is 2. The van der Waals surface area contributed by atoms with Gasteiger partial charge in [-0.15, -0.1) is 0 Å². The molecule has 3 rings (SSSR count). The van der Waals surface area contributed by atoms with Crippen molar-refractivity contribution in [2.24, 2.45) is 0 Å². The molecule has 0 radical (unpaired) electrons. The maximum Gasteiger partial charge on any atom is 0.251 e. The van der Waals surface area contributed by atoms with E-state index in [-0.39, 0.29) is 11.9 Å². The lowest BCUT2D eigenvalue weighted by Gasteiger charge is -2.22. The molecule has 0 atom stereocenters. The summed E-state index contributed by atoms with van der Waals surface area (Å²) in [7, 11) is -1.97. The van der Waals surface area contributed by atoms with Crippen LogP contribution in [-0.4, -0.2) is 31.7 Å². The average Bonchev–Trinajstić information content (AvgIpc) is 3.46. The smallest absolute Gasteiger partial charge is 0.251 e. The molecule has 5 nitrogen and oxygen atoms in total. The SMILES string of the molecule is CNC(=O)c1ccc(CN(C2CC2)S(=O)(=O)c2ccc(C)c(C)c2)cc1. The minimum atomic E-state index is -3.55. The van der Waals surface area contributed by atoms with E-state index in [0.717, 1.165) is 29.5 Å². The largest absolute Gasteiger partial charge is 0.355 e. The van der Waals surface area contributed by atoms with Gasteiger partial charge in [0.15, 0.2) is 0 Å². The molecule has 138 valence electrons. The van der Waals surface area contributed by atoms with E-state index < -0.39 is 10.0 Å². The van der Waals surface area contributed by atoms with E-state index in [1.54, 1.807) is 35.6 Å². The third kappa shape index (κ3) is 3.81. The number of rotatable bonds is 6. The van der Waals surface area contributed by atoms with E-state index in [1.807, 2.05) is 32.0 Å². The zero-order valence-electron chi connectivity index (χ0n) is 15.3. The number of nitrogens with zero attached hydrogens (tertiary/aromatic N) is 1. The van der Waals surface area contributed by atoms with Gasteiger partial charge in [-0.1, -0.05) is 18.2 Å². The second-order valence-corrected chi connectivity index (χ2v) is 8.69. The van der Waals surface area contributed by atoms with Crippen molar-refractivity contribution in [1.29, 1.82) is 0 Å². The molecule has 0 aliphatic heterocycles. The first-order chi connectivity index (χ1) is 12.3. The molecule has 0 spiro atoms. The molecule has 26 heavy (non-hydrogen) atoms. The summed E-state index contributed by atoms with van der Waals surface area (Å²) in [5, 5.41) is 2.58. The van der Waals surface area contributed by atoms with Gasteiger partial charge in [0.2, 0.25) is 10.0 Å². The van der Waals surface area contributed by atoms with Gasteiger partial charge < -0.3 is 5.32 Å². The van der Waals surface area contributed by atoms with Gasteiger partial charge in [0.25, 0.3) is 5.91 Å². The first-order valence-corrected chi connectivity index (χ1v) is 10.2. The van der Waals surface area contributed by atoms with Crippen LogP contribution in [-0.2, 0) is 16.6 Å². The second kappa shape index (κ2) is 7.21. The number of hydrogen-bond acceptors (Lipinski definition) is 3. The Labute approximate surface area is 155 Å². The lowest BCUT2D eigenvalue weighted by Crippen LogP contribution is -2.32. The molecule has 1 saturated carbocycles. The molecule has 0 unspecified atom stereocenters. The molecular weight excluding hydrogens is 348 g/mol. The van der Waals surface area contributed by atoms with E-state index >= 15 is 0 Å². The predicted molar refractivity (Wildman–Crippen MR) is 101 cm³/mol. The Morgan fingerprint density at radius 2 is 1.73 bits per heavy atom. The molecule has 6 heteroatoms. The summed E-state index contributed by atoms with van der Waals surface area (Å²) in [6, 6.07) is 12.4. The van der Waals surface area contributed by atoms with Crippen molar-refractivity contribution >= 4 is 15.9 Å². The molecule has 2 aromatic carbocycles. The lowest BCUT2D eigenvalue weighted by molar-refractivity contribution is 0.0963. The highest BCUT2D eigenvalue weighted by Crippen LogP contribution is 2.34. The quantitative estimate of drug-likeness (QED) is 0.848. The standard InChI is InChI=1S/C20H24N2O3S/c1-14-4-11-19(12-15(14)2)26(24,25)22(18-9-10-18)13-16-5-7-17(8-6-16)20(23)21-3/h4-8,11-12,18H,9-10,13H2,1-3H3,(H,21,23). The van der Waals surface area contributed by atoms with Crippen LogP contribution in [0.15, 0.2) is 47.4 Å². The summed E-state index contributed by atoms with van der Waals surface area (Å²) in [5.74, 6) is -0.154. The zero-order valence-corrected chi connectivity index (χ0v) is 16.1. The fourth-order valence-corrected chi connectivity index (χ4v) is 4.63. The average molecular weight is 372 g/mol. The van der Waals surface area contributed by atoms with Crippen LogP contribution in [0.4, 0.5) is 0 Å². The highest BCUT2D eigenvalue weighted by molar-refractivity contribution is 7.89. The van der Waals surface area contributed by atoms with Crippen molar-refractivity contribution in [2.45, 2.75) is 44.2 Å². The van der Waals surface area contributed by atoms with E-state index in [9.17, 15) is 13.2 Å². The first kappa shape index (κ1) is 18.6. The van der Waals surface area contributed by atoms with Crippen LogP contribution < -0.4 is 5.32 Å². The van der Waals surface area contributed by atoms with Crippen LogP contribution in [0, 0.1) is 13.8 Å². The summed E-state index contributed by atoms with van der Waals surface area (Å²) in [6.45, 7) is 4.21. The predicted octanol–water partition coefficient (Wildman–Crippen LogP) is 3.02. The number of nitrogens with one attached hydrogen (secondary N) is 1.